The summed E-state index contributed by atoms with van der Waals surface area (Å²) in [6.45, 7) is 3.55. The first-order valence-corrected chi connectivity index (χ1v) is 8.54. The van der Waals surface area contributed by atoms with Crippen molar-refractivity contribution in [3.05, 3.63) is 29.8 Å². The SMILES string of the molecule is CC1CC(NC(=O)CCN2C(=O)CCc3ccccc32)CCN1.Cl. The Labute approximate surface area is 149 Å². The summed E-state index contributed by atoms with van der Waals surface area (Å²) in [5.41, 5.74) is 2.16. The molecule has 0 spiro atoms. The summed E-state index contributed by atoms with van der Waals surface area (Å²) < 4.78 is 0. The van der Waals surface area contributed by atoms with Gasteiger partial charge in [0.1, 0.15) is 0 Å². The minimum absolute atomic E-state index is 0. The number of piperidine rings is 1. The van der Waals surface area contributed by atoms with Crippen LogP contribution in [0.15, 0.2) is 24.3 Å². The second-order valence-electron chi connectivity index (χ2n) is 6.57. The average molecular weight is 352 g/mol. The van der Waals surface area contributed by atoms with E-state index in [-0.39, 0.29) is 30.3 Å². The molecule has 6 heteroatoms. The molecule has 2 N–H and O–H groups in total. The molecule has 1 aromatic rings. The summed E-state index contributed by atoms with van der Waals surface area (Å²) in [6, 6.07) is 8.68. The van der Waals surface area contributed by atoms with Crippen LogP contribution in [0.1, 0.15) is 38.2 Å². The molecular weight excluding hydrogens is 326 g/mol. The van der Waals surface area contributed by atoms with E-state index in [0.717, 1.165) is 31.5 Å². The zero-order valence-electron chi connectivity index (χ0n) is 14.1. The zero-order valence-corrected chi connectivity index (χ0v) is 14.9. The van der Waals surface area contributed by atoms with E-state index in [1.54, 1.807) is 4.90 Å². The van der Waals surface area contributed by atoms with Crippen LogP contribution in [0.4, 0.5) is 5.69 Å². The molecule has 5 nitrogen and oxygen atoms in total. The topological polar surface area (TPSA) is 61.4 Å². The lowest BCUT2D eigenvalue weighted by molar-refractivity contribution is -0.122. The molecule has 0 saturated carbocycles. The first kappa shape index (κ1) is 18.7. The van der Waals surface area contributed by atoms with Crippen molar-refractivity contribution >= 4 is 29.9 Å². The first-order valence-electron chi connectivity index (χ1n) is 8.54. The van der Waals surface area contributed by atoms with Gasteiger partial charge in [0, 0.05) is 37.2 Å². The van der Waals surface area contributed by atoms with E-state index in [9.17, 15) is 9.59 Å². The van der Waals surface area contributed by atoms with Gasteiger partial charge in [-0.1, -0.05) is 18.2 Å². The van der Waals surface area contributed by atoms with E-state index in [2.05, 4.69) is 23.6 Å². The van der Waals surface area contributed by atoms with Crippen molar-refractivity contribution in [1.82, 2.24) is 10.6 Å². The zero-order chi connectivity index (χ0) is 16.2. The van der Waals surface area contributed by atoms with E-state index >= 15 is 0 Å². The van der Waals surface area contributed by atoms with Gasteiger partial charge in [0.15, 0.2) is 0 Å². The predicted octanol–water partition coefficient (Wildman–Crippen LogP) is 2.03. The van der Waals surface area contributed by atoms with E-state index in [1.165, 1.54) is 5.56 Å². The molecule has 2 heterocycles. The lowest BCUT2D eigenvalue weighted by Crippen LogP contribution is -2.47. The Morgan fingerprint density at radius 1 is 1.33 bits per heavy atom. The van der Waals surface area contributed by atoms with Gasteiger partial charge in [0.05, 0.1) is 0 Å². The molecule has 2 amide bonds. The van der Waals surface area contributed by atoms with Gasteiger partial charge in [0.25, 0.3) is 0 Å². The molecule has 2 atom stereocenters. The van der Waals surface area contributed by atoms with Gasteiger partial charge in [-0.25, -0.2) is 0 Å². The lowest BCUT2D eigenvalue weighted by Gasteiger charge is -2.30. The third kappa shape index (κ3) is 4.48. The summed E-state index contributed by atoms with van der Waals surface area (Å²) in [5.74, 6) is 0.159. The fourth-order valence-corrected chi connectivity index (χ4v) is 3.52. The van der Waals surface area contributed by atoms with Crippen LogP contribution in [0.25, 0.3) is 0 Å². The van der Waals surface area contributed by atoms with Crippen LogP contribution in [0.2, 0.25) is 0 Å². The van der Waals surface area contributed by atoms with Crippen LogP contribution < -0.4 is 15.5 Å². The maximum absolute atomic E-state index is 12.2. The Kier molecular flexibility index (Phi) is 6.63. The van der Waals surface area contributed by atoms with Crippen molar-refractivity contribution in [1.29, 1.82) is 0 Å². The van der Waals surface area contributed by atoms with Crippen LogP contribution in [-0.4, -0.2) is 37.0 Å². The quantitative estimate of drug-likeness (QED) is 0.872. The number of para-hydroxylation sites is 1. The fourth-order valence-electron chi connectivity index (χ4n) is 3.52. The third-order valence-electron chi connectivity index (χ3n) is 4.74. The van der Waals surface area contributed by atoms with Crippen molar-refractivity contribution in [3.8, 4) is 0 Å². The van der Waals surface area contributed by atoms with Crippen molar-refractivity contribution in [2.45, 2.75) is 51.1 Å². The number of nitrogens with one attached hydrogen (secondary N) is 2. The molecular formula is C18H26ClN3O2. The van der Waals surface area contributed by atoms with Gasteiger partial charge in [0.2, 0.25) is 11.8 Å². The van der Waals surface area contributed by atoms with Crippen LogP contribution >= 0.6 is 12.4 Å². The summed E-state index contributed by atoms with van der Waals surface area (Å²) in [6.07, 6.45) is 3.63. The molecule has 1 fully saturated rings. The van der Waals surface area contributed by atoms with Gasteiger partial charge >= 0.3 is 0 Å². The molecule has 2 unspecified atom stereocenters. The predicted molar refractivity (Wildman–Crippen MR) is 97.6 cm³/mol. The number of hydrogen-bond acceptors (Lipinski definition) is 3. The Bertz CT molecular complexity index is 593. The van der Waals surface area contributed by atoms with Gasteiger partial charge in [-0.3, -0.25) is 9.59 Å². The highest BCUT2D eigenvalue weighted by Gasteiger charge is 2.25. The number of halogens is 1. The molecule has 2 aliphatic rings. The lowest BCUT2D eigenvalue weighted by atomic mass is 10.00. The molecule has 0 bridgehead atoms. The van der Waals surface area contributed by atoms with Crippen molar-refractivity contribution < 1.29 is 9.59 Å². The Morgan fingerprint density at radius 3 is 2.92 bits per heavy atom. The van der Waals surface area contributed by atoms with Gasteiger partial charge in [-0.15, -0.1) is 12.4 Å². The minimum atomic E-state index is 0. The first-order chi connectivity index (χ1) is 11.1. The standard InChI is InChI=1S/C18H25N3O2.ClH/c1-13-12-15(8-10-19-13)20-17(22)9-11-21-16-5-3-2-4-14(16)6-7-18(21)23;/h2-5,13,15,19H,6-12H2,1H3,(H,20,22);1H. The number of hydrogen-bond donors (Lipinski definition) is 2. The van der Waals surface area contributed by atoms with E-state index in [1.807, 2.05) is 18.2 Å². The highest BCUT2D eigenvalue weighted by molar-refractivity contribution is 5.97. The number of fused-ring (bicyclic) bond motifs is 1. The normalized spacial score (nSPS) is 23.2. The van der Waals surface area contributed by atoms with Crippen LogP contribution in [-0.2, 0) is 16.0 Å². The fraction of sp³-hybridized carbons (Fsp3) is 0.556. The minimum Gasteiger partial charge on any atom is -0.353 e. The van der Waals surface area contributed by atoms with Crippen LogP contribution in [0.3, 0.4) is 0 Å². The number of carbonyl (C=O) groups excluding carboxylic acids is 2. The Morgan fingerprint density at radius 2 is 2.12 bits per heavy atom. The van der Waals surface area contributed by atoms with Crippen molar-refractivity contribution in [2.24, 2.45) is 0 Å². The maximum atomic E-state index is 12.2. The Hall–Kier alpha value is -1.59. The molecule has 0 aromatic heterocycles. The maximum Gasteiger partial charge on any atom is 0.227 e. The highest BCUT2D eigenvalue weighted by atomic mass is 35.5. The van der Waals surface area contributed by atoms with Crippen LogP contribution in [0.5, 0.6) is 0 Å². The second-order valence-corrected chi connectivity index (χ2v) is 6.57. The molecule has 24 heavy (non-hydrogen) atoms. The van der Waals surface area contributed by atoms with Gasteiger partial charge in [-0.2, -0.15) is 0 Å². The molecule has 3 rings (SSSR count). The number of benzene rings is 1. The summed E-state index contributed by atoms with van der Waals surface area (Å²) in [4.78, 5) is 26.2. The number of rotatable bonds is 4. The number of carbonyl (C=O) groups is 2. The van der Waals surface area contributed by atoms with Gasteiger partial charge in [-0.05, 0) is 44.4 Å². The molecule has 0 radical (unpaired) electrons. The molecule has 1 aromatic carbocycles. The highest BCUT2D eigenvalue weighted by Crippen LogP contribution is 2.27. The summed E-state index contributed by atoms with van der Waals surface area (Å²) in [5, 5.41) is 6.49. The van der Waals surface area contributed by atoms with Crippen molar-refractivity contribution in [2.75, 3.05) is 18.0 Å². The second kappa shape index (κ2) is 8.49. The number of amides is 2. The van der Waals surface area contributed by atoms with E-state index in [4.69, 9.17) is 0 Å². The van der Waals surface area contributed by atoms with E-state index in [0.29, 0.717) is 25.4 Å². The summed E-state index contributed by atoms with van der Waals surface area (Å²) in [7, 11) is 0. The monoisotopic (exact) mass is 351 g/mol. The molecule has 0 aliphatic carbocycles. The van der Waals surface area contributed by atoms with Crippen molar-refractivity contribution in [3.63, 3.8) is 0 Å². The van der Waals surface area contributed by atoms with Gasteiger partial charge < -0.3 is 15.5 Å². The largest absolute Gasteiger partial charge is 0.353 e. The molecule has 132 valence electrons. The number of nitrogens with zero attached hydrogens (tertiary/aromatic N) is 1. The number of anilines is 1. The van der Waals surface area contributed by atoms with E-state index < -0.39 is 0 Å². The Balaban J connectivity index is 0.00000208. The molecule has 1 saturated heterocycles. The third-order valence-corrected chi connectivity index (χ3v) is 4.74. The molecule has 2 aliphatic heterocycles. The van der Waals surface area contributed by atoms with Crippen LogP contribution in [0, 0.1) is 0 Å². The summed E-state index contributed by atoms with van der Waals surface area (Å²) >= 11 is 0. The average Bonchev–Trinajstić information content (AvgIpc) is 2.54. The number of aryl methyl sites for hydroxylation is 1. The smallest absolute Gasteiger partial charge is 0.227 e.